The number of aromatic nitrogens is 2. The summed E-state index contributed by atoms with van der Waals surface area (Å²) in [7, 11) is 1.83. The van der Waals surface area contributed by atoms with Crippen molar-refractivity contribution in [2.45, 2.75) is 33.2 Å². The molecular weight excluding hydrogens is 324 g/mol. The van der Waals surface area contributed by atoms with E-state index in [4.69, 9.17) is 5.73 Å². The Morgan fingerprint density at radius 3 is 2.42 bits per heavy atom. The highest BCUT2D eigenvalue weighted by molar-refractivity contribution is 5.85. The summed E-state index contributed by atoms with van der Waals surface area (Å²) >= 11 is 0. The Balaban J connectivity index is 0.00000288. The fourth-order valence-corrected chi connectivity index (χ4v) is 2.84. The number of hydrogen-bond donors (Lipinski definition) is 1. The molecule has 132 valence electrons. The predicted octanol–water partition coefficient (Wildman–Crippen LogP) is 3.02. The van der Waals surface area contributed by atoms with Crippen molar-refractivity contribution in [2.24, 2.45) is 11.1 Å². The number of carbonyl (C=O) groups is 1. The van der Waals surface area contributed by atoms with Gasteiger partial charge < -0.3 is 10.6 Å². The molecule has 1 aromatic carbocycles. The molecule has 5 nitrogen and oxygen atoms in total. The van der Waals surface area contributed by atoms with Gasteiger partial charge in [-0.2, -0.15) is 5.10 Å². The highest BCUT2D eigenvalue weighted by Gasteiger charge is 2.35. The third-order valence-electron chi connectivity index (χ3n) is 4.62. The molecule has 0 aliphatic rings. The summed E-state index contributed by atoms with van der Waals surface area (Å²) in [6, 6.07) is 9.93. The molecule has 1 aromatic heterocycles. The quantitative estimate of drug-likeness (QED) is 0.834. The van der Waals surface area contributed by atoms with Crippen molar-refractivity contribution in [3.05, 3.63) is 48.3 Å². The number of carbonyl (C=O) groups excluding carboxylic acids is 1. The van der Waals surface area contributed by atoms with Gasteiger partial charge in [-0.25, -0.2) is 4.68 Å². The molecule has 24 heavy (non-hydrogen) atoms. The van der Waals surface area contributed by atoms with E-state index in [1.54, 1.807) is 11.1 Å². The average Bonchev–Trinajstić information content (AvgIpc) is 3.06. The molecule has 2 N–H and O–H groups in total. The highest BCUT2D eigenvalue weighted by atomic mass is 35.5. The summed E-state index contributed by atoms with van der Waals surface area (Å²) in [5, 5.41) is 4.38. The monoisotopic (exact) mass is 350 g/mol. The van der Waals surface area contributed by atoms with E-state index in [0.717, 1.165) is 24.1 Å². The molecule has 0 aliphatic carbocycles. The van der Waals surface area contributed by atoms with Gasteiger partial charge in [-0.05, 0) is 25.0 Å². The summed E-state index contributed by atoms with van der Waals surface area (Å²) in [4.78, 5) is 14.5. The summed E-state index contributed by atoms with van der Waals surface area (Å²) in [6.45, 7) is 4.96. The number of benzene rings is 1. The summed E-state index contributed by atoms with van der Waals surface area (Å²) in [6.07, 6.45) is 5.28. The molecule has 0 saturated heterocycles. The molecule has 0 aliphatic heterocycles. The SMILES string of the molecule is CCC(CC)(CN)C(=O)N(C)Cc1cnn(-c2ccccc2)c1.Cl. The van der Waals surface area contributed by atoms with Crippen LogP contribution >= 0.6 is 12.4 Å². The van der Waals surface area contributed by atoms with E-state index in [1.807, 2.05) is 62.1 Å². The second kappa shape index (κ2) is 8.85. The van der Waals surface area contributed by atoms with E-state index < -0.39 is 5.41 Å². The summed E-state index contributed by atoms with van der Waals surface area (Å²) in [5.41, 5.74) is 7.43. The van der Waals surface area contributed by atoms with E-state index >= 15 is 0 Å². The minimum Gasteiger partial charge on any atom is -0.341 e. The molecule has 6 heteroatoms. The minimum atomic E-state index is -0.454. The van der Waals surface area contributed by atoms with Crippen molar-refractivity contribution < 1.29 is 4.79 Å². The Bertz CT molecular complexity index is 629. The van der Waals surface area contributed by atoms with Crippen molar-refractivity contribution in [3.8, 4) is 5.69 Å². The Labute approximate surface area is 150 Å². The first-order valence-electron chi connectivity index (χ1n) is 8.11. The van der Waals surface area contributed by atoms with Crippen molar-refractivity contribution in [2.75, 3.05) is 13.6 Å². The van der Waals surface area contributed by atoms with Crippen LogP contribution in [0.15, 0.2) is 42.7 Å². The first-order valence-corrected chi connectivity index (χ1v) is 8.11. The predicted molar refractivity (Wildman–Crippen MR) is 99.4 cm³/mol. The Hall–Kier alpha value is -1.85. The zero-order chi connectivity index (χ0) is 16.9. The number of amides is 1. The third kappa shape index (κ3) is 4.16. The molecule has 0 saturated carbocycles. The third-order valence-corrected chi connectivity index (χ3v) is 4.62. The van der Waals surface area contributed by atoms with E-state index in [-0.39, 0.29) is 18.3 Å². The van der Waals surface area contributed by atoms with Gasteiger partial charge in [-0.15, -0.1) is 12.4 Å². The topological polar surface area (TPSA) is 64.2 Å². The van der Waals surface area contributed by atoms with E-state index in [9.17, 15) is 4.79 Å². The number of nitrogens with two attached hydrogens (primary N) is 1. The zero-order valence-electron chi connectivity index (χ0n) is 14.6. The van der Waals surface area contributed by atoms with Crippen LogP contribution in [0.5, 0.6) is 0 Å². The van der Waals surface area contributed by atoms with Crippen molar-refractivity contribution in [1.29, 1.82) is 0 Å². The Kier molecular flexibility index (Phi) is 7.45. The molecule has 2 rings (SSSR count). The molecule has 0 atom stereocenters. The number of rotatable bonds is 7. The van der Waals surface area contributed by atoms with Gasteiger partial charge in [-0.1, -0.05) is 32.0 Å². The Morgan fingerprint density at radius 2 is 1.88 bits per heavy atom. The standard InChI is InChI=1S/C18H26N4O.ClH/c1-4-18(5-2,14-19)17(23)21(3)12-15-11-20-22(13-15)16-9-7-6-8-10-16;/h6-11,13H,4-5,12,14,19H2,1-3H3;1H. The van der Waals surface area contributed by atoms with Crippen molar-refractivity contribution in [1.82, 2.24) is 14.7 Å². The van der Waals surface area contributed by atoms with Gasteiger partial charge >= 0.3 is 0 Å². The van der Waals surface area contributed by atoms with Crippen LogP contribution in [0.4, 0.5) is 0 Å². The minimum absolute atomic E-state index is 0. The van der Waals surface area contributed by atoms with Crippen LogP contribution in [0.25, 0.3) is 5.69 Å². The van der Waals surface area contributed by atoms with E-state index in [0.29, 0.717) is 13.1 Å². The van der Waals surface area contributed by atoms with Gasteiger partial charge in [0.2, 0.25) is 5.91 Å². The second-order valence-corrected chi connectivity index (χ2v) is 5.98. The van der Waals surface area contributed by atoms with Gasteiger partial charge in [-0.3, -0.25) is 4.79 Å². The lowest BCUT2D eigenvalue weighted by molar-refractivity contribution is -0.141. The van der Waals surface area contributed by atoms with Gasteiger partial charge in [0.15, 0.2) is 0 Å². The zero-order valence-corrected chi connectivity index (χ0v) is 15.4. The van der Waals surface area contributed by atoms with Crippen molar-refractivity contribution in [3.63, 3.8) is 0 Å². The molecule has 1 heterocycles. The average molecular weight is 351 g/mol. The molecule has 2 aromatic rings. The normalized spacial score (nSPS) is 11.0. The van der Waals surface area contributed by atoms with Crippen LogP contribution in [-0.2, 0) is 11.3 Å². The van der Waals surface area contributed by atoms with Crippen LogP contribution in [0.3, 0.4) is 0 Å². The van der Waals surface area contributed by atoms with Crippen LogP contribution in [0.2, 0.25) is 0 Å². The smallest absolute Gasteiger partial charge is 0.230 e. The van der Waals surface area contributed by atoms with Gasteiger partial charge in [0.25, 0.3) is 0 Å². The maximum Gasteiger partial charge on any atom is 0.230 e. The van der Waals surface area contributed by atoms with E-state index in [2.05, 4.69) is 5.10 Å². The van der Waals surface area contributed by atoms with Crippen LogP contribution in [0.1, 0.15) is 32.3 Å². The molecule has 1 amide bonds. The largest absolute Gasteiger partial charge is 0.341 e. The lowest BCUT2D eigenvalue weighted by atomic mass is 9.81. The number of nitrogens with zero attached hydrogens (tertiary/aromatic N) is 3. The molecular formula is C18H27ClN4O. The molecule has 0 unspecified atom stereocenters. The van der Waals surface area contributed by atoms with Crippen LogP contribution in [-0.4, -0.2) is 34.2 Å². The lowest BCUT2D eigenvalue weighted by Gasteiger charge is -2.33. The first kappa shape index (κ1) is 20.2. The number of para-hydroxylation sites is 1. The first-order chi connectivity index (χ1) is 11.1. The number of halogens is 1. The van der Waals surface area contributed by atoms with Crippen molar-refractivity contribution >= 4 is 18.3 Å². The molecule has 0 spiro atoms. The fraction of sp³-hybridized carbons (Fsp3) is 0.444. The number of hydrogen-bond acceptors (Lipinski definition) is 3. The molecule has 0 fully saturated rings. The summed E-state index contributed by atoms with van der Waals surface area (Å²) in [5.74, 6) is 0.109. The molecule has 0 radical (unpaired) electrons. The highest BCUT2D eigenvalue weighted by Crippen LogP contribution is 2.27. The summed E-state index contributed by atoms with van der Waals surface area (Å²) < 4.78 is 1.82. The van der Waals surface area contributed by atoms with Crippen LogP contribution in [0, 0.1) is 5.41 Å². The fourth-order valence-electron chi connectivity index (χ4n) is 2.84. The second-order valence-electron chi connectivity index (χ2n) is 5.98. The Morgan fingerprint density at radius 1 is 1.25 bits per heavy atom. The lowest BCUT2D eigenvalue weighted by Crippen LogP contribution is -2.45. The maximum absolute atomic E-state index is 12.8. The van der Waals surface area contributed by atoms with Gasteiger partial charge in [0.1, 0.15) is 0 Å². The molecule has 0 bridgehead atoms. The van der Waals surface area contributed by atoms with Gasteiger partial charge in [0, 0.05) is 31.9 Å². The van der Waals surface area contributed by atoms with Gasteiger partial charge in [0.05, 0.1) is 17.3 Å². The van der Waals surface area contributed by atoms with E-state index in [1.165, 1.54) is 0 Å². The maximum atomic E-state index is 12.8. The van der Waals surface area contributed by atoms with Crippen LogP contribution < -0.4 is 5.73 Å².